The SMILES string of the molecule is Cc1cc(Nc2nc(/C=C/c3ccccc3)nc3cc(N4CCN(C)CC4)ccc23)n[nH]1. The van der Waals surface area contributed by atoms with Crippen molar-refractivity contribution in [3.05, 3.63) is 71.7 Å². The van der Waals surface area contributed by atoms with Gasteiger partial charge in [-0.3, -0.25) is 5.10 Å². The number of piperazine rings is 1. The monoisotopic (exact) mass is 425 g/mol. The first-order valence-electron chi connectivity index (χ1n) is 10.9. The van der Waals surface area contributed by atoms with Crippen molar-refractivity contribution in [3.63, 3.8) is 0 Å². The molecule has 0 atom stereocenters. The largest absolute Gasteiger partial charge is 0.369 e. The maximum atomic E-state index is 4.86. The van der Waals surface area contributed by atoms with Gasteiger partial charge in [-0.25, -0.2) is 9.97 Å². The van der Waals surface area contributed by atoms with Gasteiger partial charge in [0.05, 0.1) is 5.52 Å². The van der Waals surface area contributed by atoms with Crippen molar-refractivity contribution in [1.29, 1.82) is 0 Å². The zero-order chi connectivity index (χ0) is 21.9. The lowest BCUT2D eigenvalue weighted by Gasteiger charge is -2.34. The number of fused-ring (bicyclic) bond motifs is 1. The summed E-state index contributed by atoms with van der Waals surface area (Å²) in [6.07, 6.45) is 3.99. The zero-order valence-electron chi connectivity index (χ0n) is 18.4. The van der Waals surface area contributed by atoms with Gasteiger partial charge in [0.15, 0.2) is 11.6 Å². The zero-order valence-corrected chi connectivity index (χ0v) is 18.4. The Balaban J connectivity index is 1.53. The van der Waals surface area contributed by atoms with Gasteiger partial charge in [0.25, 0.3) is 0 Å². The second kappa shape index (κ2) is 8.80. The summed E-state index contributed by atoms with van der Waals surface area (Å²) in [7, 11) is 2.17. The van der Waals surface area contributed by atoms with Crippen molar-refractivity contribution in [2.75, 3.05) is 43.4 Å². The van der Waals surface area contributed by atoms with Crippen LogP contribution in [0.4, 0.5) is 17.3 Å². The van der Waals surface area contributed by atoms with Crippen LogP contribution in [0, 0.1) is 6.92 Å². The number of hydrogen-bond acceptors (Lipinski definition) is 6. The molecule has 3 heterocycles. The number of anilines is 3. The van der Waals surface area contributed by atoms with Gasteiger partial charge in [0, 0.05) is 49.0 Å². The minimum absolute atomic E-state index is 0.659. The standard InChI is InChI=1S/C25H27N7/c1-18-16-24(30-29-18)28-25-21-10-9-20(32-14-12-31(2)13-15-32)17-22(21)26-23(27-25)11-8-19-6-4-3-5-7-19/h3-11,16-17H,12-15H2,1-2H3,(H2,26,27,28,29,30)/b11-8+. The Hall–Kier alpha value is -3.71. The summed E-state index contributed by atoms with van der Waals surface area (Å²) in [5.74, 6) is 2.15. The Bertz CT molecular complexity index is 1240. The quantitative estimate of drug-likeness (QED) is 0.496. The van der Waals surface area contributed by atoms with Crippen molar-refractivity contribution in [2.24, 2.45) is 0 Å². The molecule has 2 aromatic carbocycles. The van der Waals surface area contributed by atoms with Crippen LogP contribution >= 0.6 is 0 Å². The molecular weight excluding hydrogens is 398 g/mol. The normalized spacial score (nSPS) is 15.0. The molecule has 0 saturated carbocycles. The number of nitrogens with zero attached hydrogens (tertiary/aromatic N) is 5. The van der Waals surface area contributed by atoms with E-state index in [4.69, 9.17) is 9.97 Å². The maximum absolute atomic E-state index is 4.86. The first kappa shape index (κ1) is 20.2. The van der Waals surface area contributed by atoms with Crippen LogP contribution in [0.5, 0.6) is 0 Å². The van der Waals surface area contributed by atoms with E-state index in [2.05, 4.69) is 62.7 Å². The molecule has 7 nitrogen and oxygen atoms in total. The third-order valence-corrected chi connectivity index (χ3v) is 5.74. The Morgan fingerprint density at radius 3 is 2.50 bits per heavy atom. The summed E-state index contributed by atoms with van der Waals surface area (Å²) >= 11 is 0. The molecule has 162 valence electrons. The Labute approximate surface area is 187 Å². The van der Waals surface area contributed by atoms with E-state index >= 15 is 0 Å². The van der Waals surface area contributed by atoms with Crippen LogP contribution in [0.2, 0.25) is 0 Å². The van der Waals surface area contributed by atoms with Crippen molar-refractivity contribution in [3.8, 4) is 0 Å². The molecule has 1 saturated heterocycles. The number of aryl methyl sites for hydroxylation is 1. The molecule has 0 bridgehead atoms. The fourth-order valence-electron chi connectivity index (χ4n) is 3.91. The van der Waals surface area contributed by atoms with Gasteiger partial charge in [-0.2, -0.15) is 5.10 Å². The minimum atomic E-state index is 0.659. The number of aromatic amines is 1. The molecule has 0 spiro atoms. The first-order chi connectivity index (χ1) is 15.6. The van der Waals surface area contributed by atoms with Gasteiger partial charge in [0.2, 0.25) is 0 Å². The fraction of sp³-hybridized carbons (Fsp3) is 0.240. The molecule has 0 amide bonds. The van der Waals surface area contributed by atoms with Crippen LogP contribution in [0.1, 0.15) is 17.1 Å². The number of nitrogens with one attached hydrogen (secondary N) is 2. The summed E-state index contributed by atoms with van der Waals surface area (Å²) in [6, 6.07) is 18.6. The number of H-pyrrole nitrogens is 1. The van der Waals surface area contributed by atoms with Gasteiger partial charge >= 0.3 is 0 Å². The number of likely N-dealkylation sites (N-methyl/N-ethyl adjacent to an activating group) is 1. The van der Waals surface area contributed by atoms with E-state index in [-0.39, 0.29) is 0 Å². The van der Waals surface area contributed by atoms with Crippen molar-refractivity contribution in [1.82, 2.24) is 25.1 Å². The van der Waals surface area contributed by atoms with E-state index in [9.17, 15) is 0 Å². The third kappa shape index (κ3) is 4.48. The molecule has 0 unspecified atom stereocenters. The molecule has 2 N–H and O–H groups in total. The second-order valence-electron chi connectivity index (χ2n) is 8.23. The van der Waals surface area contributed by atoms with Crippen LogP contribution in [0.25, 0.3) is 23.1 Å². The molecule has 32 heavy (non-hydrogen) atoms. The summed E-state index contributed by atoms with van der Waals surface area (Å²) < 4.78 is 0. The summed E-state index contributed by atoms with van der Waals surface area (Å²) in [6.45, 7) is 6.15. The minimum Gasteiger partial charge on any atom is -0.369 e. The molecular formula is C25H27N7. The molecule has 7 heteroatoms. The van der Waals surface area contributed by atoms with Crippen LogP contribution < -0.4 is 10.2 Å². The molecule has 4 aromatic rings. The predicted octanol–water partition coefficient (Wildman–Crippen LogP) is 4.33. The van der Waals surface area contributed by atoms with Crippen molar-refractivity contribution in [2.45, 2.75) is 6.92 Å². The number of rotatable bonds is 5. The van der Waals surface area contributed by atoms with E-state index in [0.717, 1.165) is 60.0 Å². The Kier molecular flexibility index (Phi) is 5.56. The van der Waals surface area contributed by atoms with E-state index in [1.807, 2.05) is 43.3 Å². The van der Waals surface area contributed by atoms with Crippen LogP contribution in [0.15, 0.2) is 54.6 Å². The highest BCUT2D eigenvalue weighted by Crippen LogP contribution is 2.28. The molecule has 1 fully saturated rings. The Morgan fingerprint density at radius 1 is 0.938 bits per heavy atom. The van der Waals surface area contributed by atoms with Gasteiger partial charge in [-0.1, -0.05) is 36.4 Å². The summed E-state index contributed by atoms with van der Waals surface area (Å²) in [5, 5.41) is 11.6. The van der Waals surface area contributed by atoms with Crippen LogP contribution in [0.3, 0.4) is 0 Å². The predicted molar refractivity (Wildman–Crippen MR) is 131 cm³/mol. The highest BCUT2D eigenvalue weighted by atomic mass is 15.2. The van der Waals surface area contributed by atoms with Crippen LogP contribution in [-0.4, -0.2) is 58.3 Å². The van der Waals surface area contributed by atoms with Crippen molar-refractivity contribution < 1.29 is 0 Å². The summed E-state index contributed by atoms with van der Waals surface area (Å²) in [4.78, 5) is 14.4. The number of aromatic nitrogens is 4. The number of hydrogen-bond donors (Lipinski definition) is 2. The lowest BCUT2D eigenvalue weighted by atomic mass is 10.1. The Morgan fingerprint density at radius 2 is 1.75 bits per heavy atom. The molecule has 2 aromatic heterocycles. The molecule has 1 aliphatic heterocycles. The molecule has 1 aliphatic rings. The van der Waals surface area contributed by atoms with Crippen molar-refractivity contribution >= 4 is 40.4 Å². The van der Waals surface area contributed by atoms with Crippen LogP contribution in [-0.2, 0) is 0 Å². The smallest absolute Gasteiger partial charge is 0.154 e. The molecule has 0 aliphatic carbocycles. The van der Waals surface area contributed by atoms with E-state index in [0.29, 0.717) is 5.82 Å². The van der Waals surface area contributed by atoms with E-state index in [1.165, 1.54) is 5.69 Å². The first-order valence-corrected chi connectivity index (χ1v) is 10.9. The maximum Gasteiger partial charge on any atom is 0.154 e. The lowest BCUT2D eigenvalue weighted by molar-refractivity contribution is 0.313. The van der Waals surface area contributed by atoms with Gasteiger partial charge in [0.1, 0.15) is 5.82 Å². The average molecular weight is 426 g/mol. The van der Waals surface area contributed by atoms with Gasteiger partial charge < -0.3 is 15.1 Å². The highest BCUT2D eigenvalue weighted by molar-refractivity contribution is 5.93. The van der Waals surface area contributed by atoms with Gasteiger partial charge in [-0.15, -0.1) is 0 Å². The second-order valence-corrected chi connectivity index (χ2v) is 8.23. The highest BCUT2D eigenvalue weighted by Gasteiger charge is 2.16. The van der Waals surface area contributed by atoms with Gasteiger partial charge in [-0.05, 0) is 43.8 Å². The summed E-state index contributed by atoms with van der Waals surface area (Å²) in [5.41, 5.74) is 4.22. The topological polar surface area (TPSA) is 73.0 Å². The average Bonchev–Trinajstić information content (AvgIpc) is 3.23. The molecule has 0 radical (unpaired) electrons. The lowest BCUT2D eigenvalue weighted by Crippen LogP contribution is -2.44. The number of benzene rings is 2. The van der Waals surface area contributed by atoms with E-state index < -0.39 is 0 Å². The molecule has 5 rings (SSSR count). The van der Waals surface area contributed by atoms with E-state index in [1.54, 1.807) is 0 Å². The third-order valence-electron chi connectivity index (χ3n) is 5.74. The fourth-order valence-corrected chi connectivity index (χ4v) is 3.91.